The third-order valence-electron chi connectivity index (χ3n) is 2.48. The largest absolute Gasteiger partial charge is 0.399 e. The Morgan fingerprint density at radius 2 is 1.62 bits per heavy atom. The Balaban J connectivity index is 2.13. The highest BCUT2D eigenvalue weighted by molar-refractivity contribution is 9.11. The molecule has 0 bridgehead atoms. The number of carbonyl (C=O) groups excluding carboxylic acids is 1. The topological polar surface area (TPSA) is 67.1 Å². The van der Waals surface area contributed by atoms with E-state index in [4.69, 9.17) is 28.9 Å². The molecule has 2 amide bonds. The van der Waals surface area contributed by atoms with E-state index >= 15 is 0 Å². The summed E-state index contributed by atoms with van der Waals surface area (Å²) in [6.07, 6.45) is 0. The predicted octanol–water partition coefficient (Wildman–Crippen LogP) is 5.74. The van der Waals surface area contributed by atoms with Crippen LogP contribution < -0.4 is 16.4 Å². The van der Waals surface area contributed by atoms with E-state index in [2.05, 4.69) is 42.5 Å². The van der Waals surface area contributed by atoms with Gasteiger partial charge in [-0.1, -0.05) is 23.2 Å². The van der Waals surface area contributed by atoms with Crippen molar-refractivity contribution in [3.05, 3.63) is 49.3 Å². The molecule has 4 N–H and O–H groups in total. The van der Waals surface area contributed by atoms with Gasteiger partial charge in [0.2, 0.25) is 0 Å². The van der Waals surface area contributed by atoms with Crippen molar-refractivity contribution < 1.29 is 4.79 Å². The van der Waals surface area contributed by atoms with Crippen LogP contribution in [0.4, 0.5) is 21.9 Å². The van der Waals surface area contributed by atoms with E-state index in [0.717, 1.165) is 0 Å². The first kappa shape index (κ1) is 16.4. The molecule has 110 valence electrons. The van der Waals surface area contributed by atoms with Gasteiger partial charge in [0.15, 0.2) is 0 Å². The summed E-state index contributed by atoms with van der Waals surface area (Å²) in [6.45, 7) is 0. The quantitative estimate of drug-likeness (QED) is 0.507. The molecule has 0 atom stereocenters. The number of halogens is 4. The van der Waals surface area contributed by atoms with E-state index in [-0.39, 0.29) is 0 Å². The van der Waals surface area contributed by atoms with Gasteiger partial charge < -0.3 is 16.4 Å². The number of nitrogens with one attached hydrogen (secondary N) is 2. The molecule has 0 aromatic heterocycles. The first-order chi connectivity index (χ1) is 9.86. The van der Waals surface area contributed by atoms with Gasteiger partial charge >= 0.3 is 6.03 Å². The summed E-state index contributed by atoms with van der Waals surface area (Å²) in [5.41, 5.74) is 7.37. The van der Waals surface area contributed by atoms with Gasteiger partial charge in [0.1, 0.15) is 0 Å². The average molecular weight is 454 g/mol. The van der Waals surface area contributed by atoms with Crippen LogP contribution in [0.1, 0.15) is 0 Å². The Kier molecular flexibility index (Phi) is 5.37. The van der Waals surface area contributed by atoms with Crippen LogP contribution in [0.2, 0.25) is 10.0 Å². The lowest BCUT2D eigenvalue weighted by molar-refractivity contribution is 0.262. The van der Waals surface area contributed by atoms with Gasteiger partial charge in [0.05, 0.1) is 15.7 Å². The number of benzene rings is 2. The molecule has 0 aliphatic carbocycles. The smallest absolute Gasteiger partial charge is 0.323 e. The van der Waals surface area contributed by atoms with Crippen LogP contribution >= 0.6 is 55.1 Å². The van der Waals surface area contributed by atoms with Crippen molar-refractivity contribution >= 4 is 78.2 Å². The minimum absolute atomic E-state index is 0.365. The summed E-state index contributed by atoms with van der Waals surface area (Å²) in [4.78, 5) is 12.0. The summed E-state index contributed by atoms with van der Waals surface area (Å²) in [6, 6.07) is 7.80. The first-order valence-corrected chi connectivity index (χ1v) is 7.98. The number of anilines is 3. The molecule has 8 heteroatoms. The fourth-order valence-corrected chi connectivity index (χ4v) is 3.28. The Morgan fingerprint density at radius 3 is 2.19 bits per heavy atom. The van der Waals surface area contributed by atoms with Gasteiger partial charge in [-0.15, -0.1) is 0 Å². The van der Waals surface area contributed by atoms with Crippen molar-refractivity contribution in [3.8, 4) is 0 Å². The van der Waals surface area contributed by atoms with Gasteiger partial charge in [-0.3, -0.25) is 0 Å². The molecule has 0 radical (unpaired) electrons. The van der Waals surface area contributed by atoms with Crippen molar-refractivity contribution in [3.63, 3.8) is 0 Å². The van der Waals surface area contributed by atoms with E-state index in [9.17, 15) is 4.79 Å². The van der Waals surface area contributed by atoms with E-state index in [0.29, 0.717) is 36.1 Å². The van der Waals surface area contributed by atoms with Crippen LogP contribution in [0.15, 0.2) is 39.3 Å². The summed E-state index contributed by atoms with van der Waals surface area (Å²) >= 11 is 18.4. The molecule has 2 aromatic carbocycles. The van der Waals surface area contributed by atoms with Crippen LogP contribution in [-0.2, 0) is 0 Å². The molecule has 4 nitrogen and oxygen atoms in total. The highest BCUT2D eigenvalue weighted by Crippen LogP contribution is 2.33. The Hall–Kier alpha value is -0.950. The lowest BCUT2D eigenvalue weighted by Gasteiger charge is -2.12. The van der Waals surface area contributed by atoms with E-state index in [1.807, 2.05) is 0 Å². The summed E-state index contributed by atoms with van der Waals surface area (Å²) in [5, 5.41) is 6.16. The van der Waals surface area contributed by atoms with Gasteiger partial charge in [-0.25, -0.2) is 4.79 Å². The van der Waals surface area contributed by atoms with Crippen LogP contribution in [0.3, 0.4) is 0 Å². The normalized spacial score (nSPS) is 10.3. The molecule has 21 heavy (non-hydrogen) atoms. The second kappa shape index (κ2) is 6.87. The molecule has 0 heterocycles. The highest BCUT2D eigenvalue weighted by Gasteiger charge is 2.11. The lowest BCUT2D eigenvalue weighted by Crippen LogP contribution is -2.20. The number of amides is 2. The van der Waals surface area contributed by atoms with Crippen molar-refractivity contribution in [1.29, 1.82) is 0 Å². The molecule has 2 aromatic rings. The Labute approximate surface area is 148 Å². The maximum Gasteiger partial charge on any atom is 0.323 e. The number of hydrogen-bond donors (Lipinski definition) is 3. The number of nitrogens with two attached hydrogens (primary N) is 1. The van der Waals surface area contributed by atoms with Crippen LogP contribution in [0.5, 0.6) is 0 Å². The van der Waals surface area contributed by atoms with Gasteiger partial charge in [0.25, 0.3) is 0 Å². The van der Waals surface area contributed by atoms with Gasteiger partial charge in [0, 0.05) is 20.3 Å². The molecule has 0 aliphatic heterocycles. The molecule has 0 fully saturated rings. The van der Waals surface area contributed by atoms with Crippen molar-refractivity contribution in [1.82, 2.24) is 0 Å². The summed E-state index contributed by atoms with van der Waals surface area (Å²) < 4.78 is 1.33. The van der Waals surface area contributed by atoms with Crippen molar-refractivity contribution in [2.75, 3.05) is 16.4 Å². The molecule has 0 saturated heterocycles. The standard InChI is InChI=1S/C13H9Br2Cl2N3O/c14-8-3-6(18)4-9(15)12(8)20-13(21)19-7-1-2-10(16)11(17)5-7/h1-5H,18H2,(H2,19,20,21). The van der Waals surface area contributed by atoms with E-state index in [1.54, 1.807) is 30.3 Å². The van der Waals surface area contributed by atoms with Crippen LogP contribution in [0.25, 0.3) is 0 Å². The fraction of sp³-hybridized carbons (Fsp3) is 0. The molecule has 0 saturated carbocycles. The molecular weight excluding hydrogens is 445 g/mol. The first-order valence-electron chi connectivity index (χ1n) is 5.64. The Morgan fingerprint density at radius 1 is 1.00 bits per heavy atom. The van der Waals surface area contributed by atoms with Gasteiger partial charge in [-0.05, 0) is 62.2 Å². The highest BCUT2D eigenvalue weighted by atomic mass is 79.9. The zero-order valence-corrected chi connectivity index (χ0v) is 15.1. The minimum atomic E-state index is -0.417. The molecule has 0 unspecified atom stereocenters. The van der Waals surface area contributed by atoms with Crippen molar-refractivity contribution in [2.24, 2.45) is 0 Å². The second-order valence-corrected chi connectivity index (χ2v) is 6.59. The number of hydrogen-bond acceptors (Lipinski definition) is 2. The average Bonchev–Trinajstić information content (AvgIpc) is 2.38. The van der Waals surface area contributed by atoms with E-state index < -0.39 is 6.03 Å². The summed E-state index contributed by atoms with van der Waals surface area (Å²) in [7, 11) is 0. The van der Waals surface area contributed by atoms with Crippen LogP contribution in [0, 0.1) is 0 Å². The fourth-order valence-electron chi connectivity index (χ4n) is 1.56. The van der Waals surface area contributed by atoms with Gasteiger partial charge in [-0.2, -0.15) is 0 Å². The maximum absolute atomic E-state index is 12.0. The SMILES string of the molecule is Nc1cc(Br)c(NC(=O)Nc2ccc(Cl)c(Cl)c2)c(Br)c1. The predicted molar refractivity (Wildman–Crippen MR) is 95.4 cm³/mol. The molecule has 0 spiro atoms. The zero-order valence-electron chi connectivity index (χ0n) is 10.4. The molecule has 2 rings (SSSR count). The summed E-state index contributed by atoms with van der Waals surface area (Å²) in [5.74, 6) is 0. The number of carbonyl (C=O) groups is 1. The monoisotopic (exact) mass is 451 g/mol. The third-order valence-corrected chi connectivity index (χ3v) is 4.47. The minimum Gasteiger partial charge on any atom is -0.399 e. The molecular formula is C13H9Br2Cl2N3O. The zero-order chi connectivity index (χ0) is 15.6. The van der Waals surface area contributed by atoms with Crippen molar-refractivity contribution in [2.45, 2.75) is 0 Å². The number of nitrogen functional groups attached to an aromatic ring is 1. The number of rotatable bonds is 2. The Bertz CT molecular complexity index is 687. The number of urea groups is 1. The van der Waals surface area contributed by atoms with E-state index in [1.165, 1.54) is 0 Å². The maximum atomic E-state index is 12.0. The molecule has 0 aliphatic rings. The second-order valence-electron chi connectivity index (χ2n) is 4.07. The third kappa shape index (κ3) is 4.26. The lowest BCUT2D eigenvalue weighted by atomic mass is 10.3. The van der Waals surface area contributed by atoms with Crippen LogP contribution in [-0.4, -0.2) is 6.03 Å².